The van der Waals surface area contributed by atoms with Crippen LogP contribution in [-0.2, 0) is 6.18 Å². The lowest BCUT2D eigenvalue weighted by Gasteiger charge is -2.13. The van der Waals surface area contributed by atoms with Crippen molar-refractivity contribution in [3.05, 3.63) is 50.2 Å². The van der Waals surface area contributed by atoms with E-state index in [9.17, 15) is 13.2 Å². The van der Waals surface area contributed by atoms with Crippen LogP contribution in [-0.4, -0.2) is 4.98 Å². The van der Waals surface area contributed by atoms with E-state index in [1.165, 1.54) is 12.1 Å². The molecule has 0 unspecified atom stereocenters. The molecular weight excluding hydrogens is 357 g/mol. The van der Waals surface area contributed by atoms with Gasteiger partial charge >= 0.3 is 6.18 Å². The second-order valence-electron chi connectivity index (χ2n) is 3.80. The van der Waals surface area contributed by atoms with Gasteiger partial charge in [-0.05, 0) is 29.3 Å². The third-order valence-electron chi connectivity index (χ3n) is 2.47. The fourth-order valence-electron chi connectivity index (χ4n) is 1.61. The van der Waals surface area contributed by atoms with Gasteiger partial charge in [0.2, 0.25) is 0 Å². The van der Waals surface area contributed by atoms with E-state index in [1.807, 2.05) is 0 Å². The van der Waals surface area contributed by atoms with Crippen molar-refractivity contribution in [2.45, 2.75) is 6.18 Å². The summed E-state index contributed by atoms with van der Waals surface area (Å²) in [6.45, 7) is 0. The monoisotopic (exact) mass is 359 g/mol. The van der Waals surface area contributed by atoms with Gasteiger partial charge in [-0.2, -0.15) is 13.2 Å². The van der Waals surface area contributed by atoms with Crippen molar-refractivity contribution in [3.63, 3.8) is 0 Å². The van der Waals surface area contributed by atoms with Crippen molar-refractivity contribution in [1.82, 2.24) is 4.98 Å². The number of aromatic nitrogens is 1. The Morgan fingerprint density at radius 1 is 0.900 bits per heavy atom. The Kier molecular flexibility index (Phi) is 4.40. The lowest BCUT2D eigenvalue weighted by molar-refractivity contribution is -0.137. The fourth-order valence-corrected chi connectivity index (χ4v) is 2.36. The molecule has 0 aliphatic heterocycles. The zero-order valence-corrected chi connectivity index (χ0v) is 12.4. The number of rotatable bonds is 1. The highest BCUT2D eigenvalue weighted by atomic mass is 35.5. The molecule has 2 rings (SSSR count). The predicted octanol–water partition coefficient (Wildman–Crippen LogP) is 6.38. The van der Waals surface area contributed by atoms with E-state index >= 15 is 0 Å². The van der Waals surface area contributed by atoms with Gasteiger partial charge < -0.3 is 0 Å². The molecule has 106 valence electrons. The highest BCUT2D eigenvalue weighted by Gasteiger charge is 2.34. The lowest BCUT2D eigenvalue weighted by atomic mass is 10.0. The van der Waals surface area contributed by atoms with E-state index < -0.39 is 11.7 Å². The van der Waals surface area contributed by atoms with Crippen molar-refractivity contribution >= 4 is 46.4 Å². The standard InChI is InChI=1S/C12H4Cl4F3N/c13-8-1-5(2-9(14)11(8)16)6-3-10(15)20-4-7(6)12(17,18)19/h1-4H. The number of alkyl halides is 3. The van der Waals surface area contributed by atoms with Gasteiger partial charge in [0.25, 0.3) is 0 Å². The normalized spacial score (nSPS) is 11.8. The minimum Gasteiger partial charge on any atom is -0.244 e. The van der Waals surface area contributed by atoms with E-state index in [-0.39, 0.29) is 31.3 Å². The van der Waals surface area contributed by atoms with Gasteiger partial charge in [0.1, 0.15) is 5.15 Å². The van der Waals surface area contributed by atoms with Crippen LogP contribution in [0.1, 0.15) is 5.56 Å². The Balaban J connectivity index is 2.72. The van der Waals surface area contributed by atoms with E-state index in [4.69, 9.17) is 46.4 Å². The van der Waals surface area contributed by atoms with E-state index in [0.29, 0.717) is 6.20 Å². The van der Waals surface area contributed by atoms with E-state index in [2.05, 4.69) is 4.98 Å². The van der Waals surface area contributed by atoms with Crippen LogP contribution in [0, 0.1) is 0 Å². The molecule has 0 bridgehead atoms. The SMILES string of the molecule is FC(F)(F)c1cnc(Cl)cc1-c1cc(Cl)c(Cl)c(Cl)c1. The average Bonchev–Trinajstić information content (AvgIpc) is 2.33. The van der Waals surface area contributed by atoms with Crippen molar-refractivity contribution in [2.75, 3.05) is 0 Å². The minimum absolute atomic E-state index is 0.0511. The molecular formula is C12H4Cl4F3N. The summed E-state index contributed by atoms with van der Waals surface area (Å²) in [6.07, 6.45) is -3.92. The quantitative estimate of drug-likeness (QED) is 0.424. The second-order valence-corrected chi connectivity index (χ2v) is 5.38. The number of halogens is 7. The van der Waals surface area contributed by atoms with Crippen LogP contribution in [0.2, 0.25) is 20.2 Å². The molecule has 0 saturated carbocycles. The summed E-state index contributed by atoms with van der Waals surface area (Å²) in [4.78, 5) is 3.45. The molecule has 0 N–H and O–H groups in total. The molecule has 0 aliphatic rings. The number of hydrogen-bond donors (Lipinski definition) is 0. The first-order valence-corrected chi connectivity index (χ1v) is 6.59. The first-order valence-electron chi connectivity index (χ1n) is 5.08. The molecule has 1 aromatic heterocycles. The summed E-state index contributed by atoms with van der Waals surface area (Å²) in [5.74, 6) is 0. The lowest BCUT2D eigenvalue weighted by Crippen LogP contribution is -2.08. The average molecular weight is 361 g/mol. The second kappa shape index (κ2) is 5.60. The maximum Gasteiger partial charge on any atom is 0.418 e. The molecule has 20 heavy (non-hydrogen) atoms. The van der Waals surface area contributed by atoms with Crippen LogP contribution in [0.3, 0.4) is 0 Å². The Morgan fingerprint density at radius 2 is 1.45 bits per heavy atom. The van der Waals surface area contributed by atoms with Gasteiger partial charge in [-0.3, -0.25) is 0 Å². The largest absolute Gasteiger partial charge is 0.418 e. The Bertz CT molecular complexity index is 647. The smallest absolute Gasteiger partial charge is 0.244 e. The molecule has 1 heterocycles. The first-order chi connectivity index (χ1) is 9.20. The van der Waals surface area contributed by atoms with Crippen LogP contribution < -0.4 is 0 Å². The summed E-state index contributed by atoms with van der Waals surface area (Å²) in [7, 11) is 0. The topological polar surface area (TPSA) is 12.9 Å². The van der Waals surface area contributed by atoms with E-state index in [1.54, 1.807) is 0 Å². The van der Waals surface area contributed by atoms with E-state index in [0.717, 1.165) is 6.07 Å². The maximum absolute atomic E-state index is 13.0. The predicted molar refractivity (Wildman–Crippen MR) is 74.7 cm³/mol. The van der Waals surface area contributed by atoms with Gasteiger partial charge in [0.05, 0.1) is 20.6 Å². The van der Waals surface area contributed by atoms with Crippen LogP contribution in [0.15, 0.2) is 24.4 Å². The summed E-state index contributed by atoms with van der Waals surface area (Å²) in [5.41, 5.74) is -0.949. The van der Waals surface area contributed by atoms with Crippen LogP contribution in [0.4, 0.5) is 13.2 Å². The molecule has 0 fully saturated rings. The highest BCUT2D eigenvalue weighted by molar-refractivity contribution is 6.48. The Labute approximate surface area is 132 Å². The van der Waals surface area contributed by atoms with Gasteiger partial charge in [-0.15, -0.1) is 0 Å². The number of hydrogen-bond acceptors (Lipinski definition) is 1. The first kappa shape index (κ1) is 15.7. The van der Waals surface area contributed by atoms with Gasteiger partial charge in [-0.1, -0.05) is 46.4 Å². The molecule has 0 atom stereocenters. The molecule has 0 amide bonds. The number of nitrogens with zero attached hydrogens (tertiary/aromatic N) is 1. The van der Waals surface area contributed by atoms with Crippen molar-refractivity contribution in [3.8, 4) is 11.1 Å². The summed E-state index contributed by atoms with van der Waals surface area (Å²) in [6, 6.07) is 3.67. The van der Waals surface area contributed by atoms with Crippen LogP contribution in [0.5, 0.6) is 0 Å². The van der Waals surface area contributed by atoms with Crippen molar-refractivity contribution in [2.24, 2.45) is 0 Å². The minimum atomic E-state index is -4.58. The van der Waals surface area contributed by atoms with Crippen molar-refractivity contribution in [1.29, 1.82) is 0 Å². The third kappa shape index (κ3) is 3.14. The highest BCUT2D eigenvalue weighted by Crippen LogP contribution is 2.41. The molecule has 8 heteroatoms. The fraction of sp³-hybridized carbons (Fsp3) is 0.0833. The Morgan fingerprint density at radius 3 is 1.95 bits per heavy atom. The zero-order chi connectivity index (χ0) is 15.1. The molecule has 0 radical (unpaired) electrons. The van der Waals surface area contributed by atoms with Gasteiger partial charge in [-0.25, -0.2) is 4.98 Å². The Hall–Kier alpha value is -0.680. The summed E-state index contributed by atoms with van der Waals surface area (Å²) >= 11 is 23.1. The number of benzene rings is 1. The van der Waals surface area contributed by atoms with Gasteiger partial charge in [0.15, 0.2) is 0 Å². The molecule has 1 aromatic carbocycles. The van der Waals surface area contributed by atoms with Crippen molar-refractivity contribution < 1.29 is 13.2 Å². The summed E-state index contributed by atoms with van der Waals surface area (Å²) < 4.78 is 38.9. The molecule has 0 saturated heterocycles. The van der Waals surface area contributed by atoms with Crippen LogP contribution >= 0.6 is 46.4 Å². The van der Waals surface area contributed by atoms with Gasteiger partial charge in [0, 0.05) is 6.20 Å². The molecule has 1 nitrogen and oxygen atoms in total. The maximum atomic E-state index is 13.0. The molecule has 0 spiro atoms. The number of pyridine rings is 1. The summed E-state index contributed by atoms with van der Waals surface area (Å²) in [5, 5.41) is 0.103. The molecule has 2 aromatic rings. The molecule has 0 aliphatic carbocycles. The third-order valence-corrected chi connectivity index (χ3v) is 3.87. The van der Waals surface area contributed by atoms with Crippen LogP contribution in [0.25, 0.3) is 11.1 Å². The zero-order valence-electron chi connectivity index (χ0n) is 9.40.